The van der Waals surface area contributed by atoms with Crippen molar-refractivity contribution in [2.45, 2.75) is 32.6 Å². The van der Waals surface area contributed by atoms with E-state index in [1.807, 2.05) is 47.1 Å². The Kier molecular flexibility index (Phi) is 4.80. The lowest BCUT2D eigenvalue weighted by molar-refractivity contribution is -0.145. The fourth-order valence-corrected chi connectivity index (χ4v) is 4.34. The van der Waals surface area contributed by atoms with Gasteiger partial charge < -0.3 is 4.98 Å². The van der Waals surface area contributed by atoms with Crippen LogP contribution in [0, 0.1) is 6.92 Å². The minimum Gasteiger partial charge on any atom is -0.303 e. The number of thiazole rings is 1. The van der Waals surface area contributed by atoms with Crippen LogP contribution in [0.3, 0.4) is 0 Å². The summed E-state index contributed by atoms with van der Waals surface area (Å²) in [4.78, 5) is 25.4. The molecule has 3 aromatic rings. The average Bonchev–Trinajstić information content (AvgIpc) is 3.02. The molecule has 0 spiro atoms. The molecule has 0 atom stereocenters. The largest absolute Gasteiger partial charge is 0.449 e. The number of halogens is 3. The van der Waals surface area contributed by atoms with Crippen molar-refractivity contribution in [2.24, 2.45) is 0 Å². The Balaban J connectivity index is 1.55. The summed E-state index contributed by atoms with van der Waals surface area (Å²) in [6.07, 6.45) is -4.34. The number of nitrogens with one attached hydrogen (secondary N) is 1. The molecule has 0 unspecified atom stereocenters. The van der Waals surface area contributed by atoms with Crippen LogP contribution in [0.2, 0.25) is 0 Å². The quantitative estimate of drug-likeness (QED) is 0.719. The third-order valence-electron chi connectivity index (χ3n) is 4.70. The molecule has 0 saturated heterocycles. The second-order valence-electron chi connectivity index (χ2n) is 6.69. The lowest BCUT2D eigenvalue weighted by Crippen LogP contribution is -2.36. The molecule has 2 aromatic heterocycles. The number of nitrogens with zero attached hydrogens (tertiary/aromatic N) is 3. The van der Waals surface area contributed by atoms with Crippen LogP contribution in [-0.2, 0) is 25.7 Å². The second kappa shape index (κ2) is 7.14. The summed E-state index contributed by atoms with van der Waals surface area (Å²) in [5.41, 5.74) is 1.80. The Morgan fingerprint density at radius 3 is 2.68 bits per heavy atom. The van der Waals surface area contributed by atoms with E-state index >= 15 is 0 Å². The van der Waals surface area contributed by atoms with Crippen LogP contribution in [0.25, 0.3) is 10.6 Å². The first-order valence-corrected chi connectivity index (χ1v) is 9.56. The first-order chi connectivity index (χ1) is 13.3. The zero-order valence-electron chi connectivity index (χ0n) is 15.0. The topological polar surface area (TPSA) is 61.9 Å². The first kappa shape index (κ1) is 18.8. The number of H-pyrrole nitrogens is 1. The molecule has 28 heavy (non-hydrogen) atoms. The van der Waals surface area contributed by atoms with Gasteiger partial charge in [-0.2, -0.15) is 13.2 Å². The van der Waals surface area contributed by atoms with E-state index in [1.165, 1.54) is 0 Å². The number of alkyl halides is 3. The Hall–Kier alpha value is -2.52. The molecule has 3 heterocycles. The highest BCUT2D eigenvalue weighted by molar-refractivity contribution is 7.15. The summed E-state index contributed by atoms with van der Waals surface area (Å²) < 4.78 is 38.5. The van der Waals surface area contributed by atoms with Crippen LogP contribution in [0.5, 0.6) is 0 Å². The smallest absolute Gasteiger partial charge is 0.303 e. The molecule has 0 bridgehead atoms. The standard InChI is InChI=1S/C19H17F3N4OS/c1-11-15(28-17(23-11)12-5-3-2-4-6-12)10-26-8-7-14-13(9-26)16(27)25-18(24-14)19(20,21)22/h2-6H,7-10H2,1H3,(H,24,25,27). The van der Waals surface area contributed by atoms with E-state index in [4.69, 9.17) is 0 Å². The Labute approximate surface area is 162 Å². The van der Waals surface area contributed by atoms with E-state index in [9.17, 15) is 18.0 Å². The van der Waals surface area contributed by atoms with Crippen molar-refractivity contribution in [1.82, 2.24) is 19.9 Å². The van der Waals surface area contributed by atoms with Crippen molar-refractivity contribution in [2.75, 3.05) is 6.54 Å². The molecule has 0 saturated carbocycles. The molecular formula is C19H17F3N4OS. The zero-order chi connectivity index (χ0) is 19.9. The molecular weight excluding hydrogens is 389 g/mol. The summed E-state index contributed by atoms with van der Waals surface area (Å²) in [5, 5.41) is 0.930. The summed E-state index contributed by atoms with van der Waals surface area (Å²) in [5.74, 6) is -1.23. The molecule has 4 rings (SSSR count). The Morgan fingerprint density at radius 1 is 1.21 bits per heavy atom. The summed E-state index contributed by atoms with van der Waals surface area (Å²) in [6, 6.07) is 9.88. The molecule has 0 aliphatic carbocycles. The second-order valence-corrected chi connectivity index (χ2v) is 7.78. The molecule has 1 N–H and O–H groups in total. The van der Waals surface area contributed by atoms with Crippen molar-refractivity contribution in [3.63, 3.8) is 0 Å². The lowest BCUT2D eigenvalue weighted by Gasteiger charge is -2.27. The fraction of sp³-hybridized carbons (Fsp3) is 0.316. The van der Waals surface area contributed by atoms with E-state index < -0.39 is 17.6 Å². The van der Waals surface area contributed by atoms with Crippen molar-refractivity contribution < 1.29 is 13.2 Å². The van der Waals surface area contributed by atoms with Gasteiger partial charge in [0, 0.05) is 36.5 Å². The van der Waals surface area contributed by atoms with Gasteiger partial charge in [-0.25, -0.2) is 9.97 Å². The lowest BCUT2D eigenvalue weighted by atomic mass is 10.1. The van der Waals surface area contributed by atoms with Crippen molar-refractivity contribution in [1.29, 1.82) is 0 Å². The molecule has 0 amide bonds. The summed E-state index contributed by atoms with van der Waals surface area (Å²) >= 11 is 1.59. The molecule has 1 aliphatic heterocycles. The minimum atomic E-state index is -4.65. The third kappa shape index (κ3) is 3.72. The van der Waals surface area contributed by atoms with E-state index in [-0.39, 0.29) is 12.2 Å². The number of aromatic amines is 1. The monoisotopic (exact) mass is 406 g/mol. The van der Waals surface area contributed by atoms with Gasteiger partial charge in [0.15, 0.2) is 0 Å². The van der Waals surface area contributed by atoms with Crippen molar-refractivity contribution in [3.8, 4) is 10.6 Å². The molecule has 0 radical (unpaired) electrons. The van der Waals surface area contributed by atoms with Crippen LogP contribution in [0.4, 0.5) is 13.2 Å². The van der Waals surface area contributed by atoms with Gasteiger partial charge in [-0.05, 0) is 6.92 Å². The highest BCUT2D eigenvalue weighted by atomic mass is 32.1. The van der Waals surface area contributed by atoms with Gasteiger partial charge in [0.1, 0.15) is 5.01 Å². The van der Waals surface area contributed by atoms with Crippen LogP contribution < -0.4 is 5.56 Å². The predicted octanol–water partition coefficient (Wildman–Crippen LogP) is 3.78. The Bertz CT molecular complexity index is 1060. The highest BCUT2D eigenvalue weighted by Crippen LogP contribution is 2.30. The molecule has 1 aliphatic rings. The number of aromatic nitrogens is 3. The number of hydrogen-bond acceptors (Lipinski definition) is 5. The summed E-state index contributed by atoms with van der Waals surface area (Å²) in [6.45, 7) is 3.35. The van der Waals surface area contributed by atoms with E-state index in [0.29, 0.717) is 25.1 Å². The first-order valence-electron chi connectivity index (χ1n) is 8.74. The van der Waals surface area contributed by atoms with Crippen LogP contribution in [0.1, 0.15) is 27.7 Å². The third-order valence-corrected chi connectivity index (χ3v) is 5.89. The number of fused-ring (bicyclic) bond motifs is 1. The molecule has 9 heteroatoms. The summed E-state index contributed by atoms with van der Waals surface area (Å²) in [7, 11) is 0. The number of rotatable bonds is 3. The minimum absolute atomic E-state index is 0.235. The maximum atomic E-state index is 12.8. The Morgan fingerprint density at radius 2 is 1.96 bits per heavy atom. The number of aryl methyl sites for hydroxylation is 1. The SMILES string of the molecule is Cc1nc(-c2ccccc2)sc1CN1CCc2nc(C(F)(F)F)[nH]c(=O)c2C1. The van der Waals surface area contributed by atoms with Gasteiger partial charge in [-0.1, -0.05) is 30.3 Å². The van der Waals surface area contributed by atoms with Crippen molar-refractivity contribution >= 4 is 11.3 Å². The normalized spacial score (nSPS) is 14.9. The van der Waals surface area contributed by atoms with Gasteiger partial charge in [0.25, 0.3) is 5.56 Å². The van der Waals surface area contributed by atoms with Crippen LogP contribution >= 0.6 is 11.3 Å². The van der Waals surface area contributed by atoms with Crippen molar-refractivity contribution in [3.05, 3.63) is 68.3 Å². The zero-order valence-corrected chi connectivity index (χ0v) is 15.8. The predicted molar refractivity (Wildman–Crippen MR) is 100.0 cm³/mol. The molecule has 5 nitrogen and oxygen atoms in total. The number of benzene rings is 1. The van der Waals surface area contributed by atoms with E-state index in [1.54, 1.807) is 11.3 Å². The maximum absolute atomic E-state index is 12.8. The van der Waals surface area contributed by atoms with Crippen LogP contribution in [0.15, 0.2) is 35.1 Å². The van der Waals surface area contributed by atoms with E-state index in [2.05, 4.69) is 9.97 Å². The van der Waals surface area contributed by atoms with Crippen LogP contribution in [-0.4, -0.2) is 26.4 Å². The van der Waals surface area contributed by atoms with E-state index in [0.717, 1.165) is 21.1 Å². The number of hydrogen-bond donors (Lipinski definition) is 1. The molecule has 0 fully saturated rings. The van der Waals surface area contributed by atoms with Gasteiger partial charge in [-0.3, -0.25) is 9.69 Å². The average molecular weight is 406 g/mol. The molecule has 1 aromatic carbocycles. The maximum Gasteiger partial charge on any atom is 0.449 e. The molecule has 146 valence electrons. The van der Waals surface area contributed by atoms with Gasteiger partial charge in [-0.15, -0.1) is 11.3 Å². The van der Waals surface area contributed by atoms with Gasteiger partial charge >= 0.3 is 6.18 Å². The fourth-order valence-electron chi connectivity index (χ4n) is 3.23. The highest BCUT2D eigenvalue weighted by Gasteiger charge is 2.36. The van der Waals surface area contributed by atoms with Gasteiger partial charge in [0.05, 0.1) is 17.0 Å². The van der Waals surface area contributed by atoms with Gasteiger partial charge in [0.2, 0.25) is 5.82 Å².